The Balaban J connectivity index is 1.61. The van der Waals surface area contributed by atoms with Crippen LogP contribution in [0.1, 0.15) is 31.8 Å². The van der Waals surface area contributed by atoms with E-state index in [9.17, 15) is 14.4 Å². The molecule has 2 amide bonds. The lowest BCUT2D eigenvalue weighted by molar-refractivity contribution is -0.131. The number of carbonyl (C=O) groups is 3. The summed E-state index contributed by atoms with van der Waals surface area (Å²) in [5, 5.41) is 11.7. The molecule has 0 bridgehead atoms. The number of aromatic carboxylic acids is 1. The minimum Gasteiger partial charge on any atom is -0.497 e. The van der Waals surface area contributed by atoms with Crippen molar-refractivity contribution in [1.29, 1.82) is 0 Å². The fourth-order valence-corrected chi connectivity index (χ4v) is 3.04. The normalized spacial score (nSPS) is 12.9. The van der Waals surface area contributed by atoms with E-state index in [4.69, 9.17) is 9.84 Å². The van der Waals surface area contributed by atoms with Gasteiger partial charge >= 0.3 is 5.97 Å². The van der Waals surface area contributed by atoms with Gasteiger partial charge in [0.25, 0.3) is 5.91 Å². The fraction of sp³-hybridized carbons (Fsp3) is 0.250. The van der Waals surface area contributed by atoms with E-state index in [0.29, 0.717) is 30.8 Å². The lowest BCUT2D eigenvalue weighted by Crippen LogP contribution is -2.42. The molecule has 2 aromatic rings. The molecule has 0 unspecified atom stereocenters. The Hall–Kier alpha value is -3.35. The smallest absolute Gasteiger partial charge is 0.335 e. The maximum atomic E-state index is 12.5. The number of rotatable bonds is 5. The molecule has 0 saturated heterocycles. The standard InChI is InChI=1S/C20H20N2O5/c1-27-17-4-2-3-14(10-17)19(24)21-11-18(23)22-8-7-13-5-6-15(20(25)26)9-16(13)12-22/h2-6,9-10H,7-8,11-12H2,1H3,(H,21,24)(H,25,26). The van der Waals surface area contributed by atoms with Crippen LogP contribution >= 0.6 is 0 Å². The second kappa shape index (κ2) is 7.90. The number of amides is 2. The van der Waals surface area contributed by atoms with Crippen molar-refractivity contribution in [2.75, 3.05) is 20.2 Å². The molecule has 0 spiro atoms. The summed E-state index contributed by atoms with van der Waals surface area (Å²) in [4.78, 5) is 37.4. The molecule has 1 aliphatic rings. The second-order valence-electron chi connectivity index (χ2n) is 6.27. The predicted octanol–water partition coefficient (Wildman–Crippen LogP) is 1.71. The average molecular weight is 368 g/mol. The molecule has 1 heterocycles. The minimum atomic E-state index is -0.994. The highest BCUT2D eigenvalue weighted by atomic mass is 16.5. The van der Waals surface area contributed by atoms with Crippen LogP contribution in [0.15, 0.2) is 42.5 Å². The van der Waals surface area contributed by atoms with Gasteiger partial charge in [-0.3, -0.25) is 9.59 Å². The Morgan fingerprint density at radius 1 is 1.11 bits per heavy atom. The predicted molar refractivity (Wildman–Crippen MR) is 97.8 cm³/mol. The van der Waals surface area contributed by atoms with E-state index >= 15 is 0 Å². The van der Waals surface area contributed by atoms with Gasteiger partial charge in [-0.2, -0.15) is 0 Å². The van der Waals surface area contributed by atoms with Crippen LogP contribution in [0.25, 0.3) is 0 Å². The van der Waals surface area contributed by atoms with E-state index in [1.165, 1.54) is 7.11 Å². The average Bonchev–Trinajstić information content (AvgIpc) is 2.70. The van der Waals surface area contributed by atoms with E-state index < -0.39 is 5.97 Å². The molecule has 2 aromatic carbocycles. The Morgan fingerprint density at radius 3 is 2.67 bits per heavy atom. The van der Waals surface area contributed by atoms with E-state index in [2.05, 4.69) is 5.32 Å². The van der Waals surface area contributed by atoms with Gasteiger partial charge in [0.15, 0.2) is 0 Å². The zero-order chi connectivity index (χ0) is 19.4. The number of hydrogen-bond donors (Lipinski definition) is 2. The van der Waals surface area contributed by atoms with Crippen LogP contribution in [0, 0.1) is 0 Å². The molecule has 0 radical (unpaired) electrons. The number of methoxy groups -OCH3 is 1. The van der Waals surface area contributed by atoms with Crippen molar-refractivity contribution < 1.29 is 24.2 Å². The molecule has 3 rings (SSSR count). The number of carboxylic acid groups (broad SMARTS) is 1. The number of benzene rings is 2. The number of nitrogens with one attached hydrogen (secondary N) is 1. The SMILES string of the molecule is COc1cccc(C(=O)NCC(=O)N2CCc3ccc(C(=O)O)cc3C2)c1. The molecule has 27 heavy (non-hydrogen) atoms. The summed E-state index contributed by atoms with van der Waals surface area (Å²) in [6, 6.07) is 11.7. The zero-order valence-corrected chi connectivity index (χ0v) is 14.9. The van der Waals surface area contributed by atoms with Crippen LogP contribution in [-0.2, 0) is 17.8 Å². The monoisotopic (exact) mass is 368 g/mol. The van der Waals surface area contributed by atoms with Crippen LogP contribution in [0.4, 0.5) is 0 Å². The van der Waals surface area contributed by atoms with E-state index in [-0.39, 0.29) is 23.9 Å². The van der Waals surface area contributed by atoms with Gasteiger partial charge in [-0.1, -0.05) is 12.1 Å². The summed E-state index contributed by atoms with van der Waals surface area (Å²) < 4.78 is 5.09. The van der Waals surface area contributed by atoms with Crippen molar-refractivity contribution in [2.45, 2.75) is 13.0 Å². The number of fused-ring (bicyclic) bond motifs is 1. The number of carbonyl (C=O) groups excluding carboxylic acids is 2. The number of carboxylic acids is 1. The summed E-state index contributed by atoms with van der Waals surface area (Å²) in [6.45, 7) is 0.752. The summed E-state index contributed by atoms with van der Waals surface area (Å²) in [5.74, 6) is -0.993. The molecule has 140 valence electrons. The van der Waals surface area contributed by atoms with Crippen LogP contribution in [0.2, 0.25) is 0 Å². The highest BCUT2D eigenvalue weighted by molar-refractivity contribution is 5.96. The first-order valence-corrected chi connectivity index (χ1v) is 8.53. The van der Waals surface area contributed by atoms with Gasteiger partial charge in [-0.15, -0.1) is 0 Å². The quantitative estimate of drug-likeness (QED) is 0.838. The maximum Gasteiger partial charge on any atom is 0.335 e. The third-order valence-corrected chi connectivity index (χ3v) is 4.55. The van der Waals surface area contributed by atoms with Gasteiger partial charge in [0, 0.05) is 18.7 Å². The molecule has 1 aliphatic heterocycles. The first kappa shape index (κ1) is 18.4. The van der Waals surface area contributed by atoms with E-state index in [1.54, 1.807) is 47.4 Å². The topological polar surface area (TPSA) is 95.9 Å². The largest absolute Gasteiger partial charge is 0.497 e. The number of ether oxygens (including phenoxy) is 1. The first-order valence-electron chi connectivity index (χ1n) is 8.53. The fourth-order valence-electron chi connectivity index (χ4n) is 3.04. The van der Waals surface area contributed by atoms with Crippen LogP contribution < -0.4 is 10.1 Å². The molecule has 2 N–H and O–H groups in total. The van der Waals surface area contributed by atoms with Crippen LogP contribution in [0.3, 0.4) is 0 Å². The molecule has 0 saturated carbocycles. The maximum absolute atomic E-state index is 12.5. The third-order valence-electron chi connectivity index (χ3n) is 4.55. The molecular formula is C20H20N2O5. The van der Waals surface area contributed by atoms with E-state index in [0.717, 1.165) is 11.1 Å². The molecule has 7 heteroatoms. The third kappa shape index (κ3) is 4.25. The number of nitrogens with zero attached hydrogens (tertiary/aromatic N) is 1. The summed E-state index contributed by atoms with van der Waals surface area (Å²) in [6.07, 6.45) is 0.658. The van der Waals surface area contributed by atoms with Gasteiger partial charge in [-0.05, 0) is 47.9 Å². The lowest BCUT2D eigenvalue weighted by Gasteiger charge is -2.29. The molecule has 0 aliphatic carbocycles. The molecule has 0 atom stereocenters. The molecule has 0 fully saturated rings. The first-order chi connectivity index (χ1) is 13.0. The van der Waals surface area contributed by atoms with Gasteiger partial charge < -0.3 is 20.1 Å². The molecular weight excluding hydrogens is 348 g/mol. The van der Waals surface area contributed by atoms with Gasteiger partial charge in [-0.25, -0.2) is 4.79 Å². The Labute approximate surface area is 156 Å². The van der Waals surface area contributed by atoms with Gasteiger partial charge in [0.05, 0.1) is 19.2 Å². The lowest BCUT2D eigenvalue weighted by atomic mass is 9.97. The van der Waals surface area contributed by atoms with Crippen LogP contribution in [0.5, 0.6) is 5.75 Å². The highest BCUT2D eigenvalue weighted by Crippen LogP contribution is 2.20. The Kier molecular flexibility index (Phi) is 5.40. The molecule has 0 aromatic heterocycles. The van der Waals surface area contributed by atoms with Crippen molar-refractivity contribution in [3.8, 4) is 5.75 Å². The molecule has 7 nitrogen and oxygen atoms in total. The second-order valence-corrected chi connectivity index (χ2v) is 6.27. The highest BCUT2D eigenvalue weighted by Gasteiger charge is 2.22. The van der Waals surface area contributed by atoms with Crippen molar-refractivity contribution in [3.05, 3.63) is 64.7 Å². The van der Waals surface area contributed by atoms with E-state index in [1.807, 2.05) is 0 Å². The van der Waals surface area contributed by atoms with Crippen molar-refractivity contribution in [1.82, 2.24) is 10.2 Å². The van der Waals surface area contributed by atoms with Crippen molar-refractivity contribution in [2.24, 2.45) is 0 Å². The van der Waals surface area contributed by atoms with Crippen molar-refractivity contribution >= 4 is 17.8 Å². The van der Waals surface area contributed by atoms with Gasteiger partial charge in [0.1, 0.15) is 5.75 Å². The summed E-state index contributed by atoms with van der Waals surface area (Å²) in [7, 11) is 1.52. The summed E-state index contributed by atoms with van der Waals surface area (Å²) in [5.41, 5.74) is 2.49. The van der Waals surface area contributed by atoms with Crippen LogP contribution in [-0.4, -0.2) is 48.0 Å². The zero-order valence-electron chi connectivity index (χ0n) is 14.9. The Morgan fingerprint density at radius 2 is 1.93 bits per heavy atom. The van der Waals surface area contributed by atoms with Crippen molar-refractivity contribution in [3.63, 3.8) is 0 Å². The summed E-state index contributed by atoms with van der Waals surface area (Å²) >= 11 is 0. The number of hydrogen-bond acceptors (Lipinski definition) is 4. The minimum absolute atomic E-state index is 0.121. The van der Waals surface area contributed by atoms with Gasteiger partial charge in [0.2, 0.25) is 5.91 Å². The Bertz CT molecular complexity index is 894.